The van der Waals surface area contributed by atoms with Gasteiger partial charge in [-0.25, -0.2) is 0 Å². The summed E-state index contributed by atoms with van der Waals surface area (Å²) >= 11 is 8.48. The summed E-state index contributed by atoms with van der Waals surface area (Å²) in [4.78, 5) is 0. The summed E-state index contributed by atoms with van der Waals surface area (Å²) in [5.74, 6) is 0. The predicted molar refractivity (Wildman–Crippen MR) is 53.9 cm³/mol. The minimum atomic E-state index is -4.42. The predicted octanol–water partition coefficient (Wildman–Crippen LogP) is 4.12. The molecule has 0 fully saturated rings. The smallest absolute Gasteiger partial charge is 0.375 e. The lowest BCUT2D eigenvalue weighted by molar-refractivity contribution is -0.137. The molecule has 0 bridgehead atoms. The largest absolute Gasteiger partial charge is 0.417 e. The van der Waals surface area contributed by atoms with E-state index in [9.17, 15) is 13.2 Å². The van der Waals surface area contributed by atoms with Crippen LogP contribution in [-0.4, -0.2) is 5.45 Å². The molecule has 0 radical (unpaired) electrons. The van der Waals surface area contributed by atoms with Crippen LogP contribution in [0.4, 0.5) is 18.9 Å². The molecule has 0 saturated heterocycles. The highest BCUT2D eigenvalue weighted by atomic mass is 79.9. The van der Waals surface area contributed by atoms with Gasteiger partial charge in [-0.05, 0) is 18.2 Å². The second kappa shape index (κ2) is 4.40. The molecule has 0 aromatic heterocycles. The van der Waals surface area contributed by atoms with E-state index in [2.05, 4.69) is 21.2 Å². The van der Waals surface area contributed by atoms with Crippen molar-refractivity contribution in [2.45, 2.75) is 6.18 Å². The molecule has 14 heavy (non-hydrogen) atoms. The Morgan fingerprint density at radius 1 is 1.36 bits per heavy atom. The van der Waals surface area contributed by atoms with Gasteiger partial charge in [-0.1, -0.05) is 27.5 Å². The van der Waals surface area contributed by atoms with Crippen LogP contribution < -0.4 is 5.32 Å². The molecule has 0 atom stereocenters. The summed E-state index contributed by atoms with van der Waals surface area (Å²) in [6, 6.07) is 3.68. The molecule has 0 aliphatic carbocycles. The molecule has 0 spiro atoms. The van der Waals surface area contributed by atoms with E-state index >= 15 is 0 Å². The quantitative estimate of drug-likeness (QED) is 0.637. The third kappa shape index (κ3) is 2.78. The van der Waals surface area contributed by atoms with Gasteiger partial charge in [0.05, 0.1) is 16.0 Å². The Kier molecular flexibility index (Phi) is 3.66. The molecule has 78 valence electrons. The average molecular weight is 288 g/mol. The maximum atomic E-state index is 12.3. The molecule has 1 nitrogen and oxygen atoms in total. The normalized spacial score (nSPS) is 11.5. The summed E-state index contributed by atoms with van der Waals surface area (Å²) in [5.41, 5.74) is -0.0740. The maximum Gasteiger partial charge on any atom is 0.417 e. The number of anilines is 1. The van der Waals surface area contributed by atoms with Crippen LogP contribution in [0, 0.1) is 0 Å². The SMILES string of the molecule is FC(F)(F)c1cc(NCBr)ccc1Cl. The van der Waals surface area contributed by atoms with Gasteiger partial charge in [0.2, 0.25) is 0 Å². The van der Waals surface area contributed by atoms with E-state index in [-0.39, 0.29) is 5.02 Å². The Morgan fingerprint density at radius 3 is 2.50 bits per heavy atom. The summed E-state index contributed by atoms with van der Waals surface area (Å²) in [6.07, 6.45) is -4.42. The van der Waals surface area contributed by atoms with Gasteiger partial charge in [0.25, 0.3) is 0 Å². The van der Waals surface area contributed by atoms with E-state index in [0.29, 0.717) is 11.1 Å². The van der Waals surface area contributed by atoms with Crippen LogP contribution in [0.15, 0.2) is 18.2 Å². The van der Waals surface area contributed by atoms with E-state index in [1.165, 1.54) is 12.1 Å². The molecular weight excluding hydrogens is 282 g/mol. The zero-order chi connectivity index (χ0) is 10.8. The molecule has 0 aliphatic rings. The molecule has 0 saturated carbocycles. The van der Waals surface area contributed by atoms with Crippen LogP contribution in [-0.2, 0) is 6.18 Å². The highest BCUT2D eigenvalue weighted by Crippen LogP contribution is 2.36. The van der Waals surface area contributed by atoms with Crippen molar-refractivity contribution in [3.05, 3.63) is 28.8 Å². The lowest BCUT2D eigenvalue weighted by Crippen LogP contribution is -2.07. The Balaban J connectivity index is 3.09. The van der Waals surface area contributed by atoms with Gasteiger partial charge in [-0.15, -0.1) is 0 Å². The lowest BCUT2D eigenvalue weighted by atomic mass is 10.2. The topological polar surface area (TPSA) is 12.0 Å². The van der Waals surface area contributed by atoms with Crippen molar-refractivity contribution in [2.24, 2.45) is 0 Å². The van der Waals surface area contributed by atoms with Crippen molar-refractivity contribution in [1.29, 1.82) is 0 Å². The van der Waals surface area contributed by atoms with Crippen LogP contribution in [0.3, 0.4) is 0 Å². The Bertz CT molecular complexity index is 327. The fourth-order valence-electron chi connectivity index (χ4n) is 0.930. The molecule has 0 unspecified atom stereocenters. The molecule has 0 amide bonds. The zero-order valence-electron chi connectivity index (χ0n) is 6.83. The number of nitrogens with one attached hydrogen (secondary N) is 1. The minimum Gasteiger partial charge on any atom is -0.375 e. The zero-order valence-corrected chi connectivity index (χ0v) is 9.17. The van der Waals surface area contributed by atoms with Crippen LogP contribution in [0.5, 0.6) is 0 Å². The first-order valence-corrected chi connectivity index (χ1v) is 5.11. The van der Waals surface area contributed by atoms with Crippen molar-refractivity contribution in [3.8, 4) is 0 Å². The Hall–Kier alpha value is -0.420. The number of hydrogen-bond acceptors (Lipinski definition) is 1. The molecular formula is C8H6BrClF3N. The van der Waals surface area contributed by atoms with Crippen LogP contribution in [0.2, 0.25) is 5.02 Å². The van der Waals surface area contributed by atoms with Crippen molar-refractivity contribution >= 4 is 33.2 Å². The fraction of sp³-hybridized carbons (Fsp3) is 0.250. The van der Waals surface area contributed by atoms with Crippen molar-refractivity contribution in [1.82, 2.24) is 0 Å². The number of hydrogen-bond donors (Lipinski definition) is 1. The van der Waals surface area contributed by atoms with Gasteiger partial charge in [0.15, 0.2) is 0 Å². The molecule has 0 aliphatic heterocycles. The highest BCUT2D eigenvalue weighted by Gasteiger charge is 2.33. The van der Waals surface area contributed by atoms with Gasteiger partial charge in [0.1, 0.15) is 0 Å². The summed E-state index contributed by atoms with van der Waals surface area (Å²) in [6.45, 7) is 0. The molecule has 0 heterocycles. The van der Waals surface area contributed by atoms with E-state index in [1.807, 2.05) is 0 Å². The molecule has 1 aromatic rings. The molecule has 1 N–H and O–H groups in total. The highest BCUT2D eigenvalue weighted by molar-refractivity contribution is 9.09. The van der Waals surface area contributed by atoms with Crippen LogP contribution >= 0.6 is 27.5 Å². The Labute approximate surface area is 92.4 Å². The molecule has 6 heteroatoms. The standard InChI is InChI=1S/C8H6BrClF3N/c9-4-14-5-1-2-7(10)6(3-5)8(11,12)13/h1-3,14H,4H2. The number of benzene rings is 1. The van der Waals surface area contributed by atoms with Gasteiger partial charge in [-0.2, -0.15) is 13.2 Å². The van der Waals surface area contributed by atoms with Crippen molar-refractivity contribution in [2.75, 3.05) is 10.8 Å². The van der Waals surface area contributed by atoms with Crippen LogP contribution in [0.1, 0.15) is 5.56 Å². The van der Waals surface area contributed by atoms with Crippen LogP contribution in [0.25, 0.3) is 0 Å². The molecule has 1 aromatic carbocycles. The van der Waals surface area contributed by atoms with E-state index in [1.54, 1.807) is 0 Å². The second-order valence-corrected chi connectivity index (χ2v) is 3.47. The number of alkyl halides is 4. The van der Waals surface area contributed by atoms with E-state index in [0.717, 1.165) is 6.07 Å². The van der Waals surface area contributed by atoms with Gasteiger partial charge in [0, 0.05) is 5.69 Å². The van der Waals surface area contributed by atoms with E-state index < -0.39 is 11.7 Å². The fourth-order valence-corrected chi connectivity index (χ4v) is 1.48. The average Bonchev–Trinajstić information content (AvgIpc) is 2.07. The third-order valence-corrected chi connectivity index (χ3v) is 2.15. The first-order chi connectivity index (χ1) is 6.45. The Morgan fingerprint density at radius 2 is 2.00 bits per heavy atom. The van der Waals surface area contributed by atoms with Gasteiger partial charge < -0.3 is 5.32 Å². The first-order valence-electron chi connectivity index (χ1n) is 3.61. The summed E-state index contributed by atoms with van der Waals surface area (Å²) in [5, 5.41) is 2.41. The lowest BCUT2D eigenvalue weighted by Gasteiger charge is -2.10. The first kappa shape index (κ1) is 11.7. The number of rotatable bonds is 2. The monoisotopic (exact) mass is 287 g/mol. The minimum absolute atomic E-state index is 0.294. The second-order valence-electron chi connectivity index (χ2n) is 2.50. The van der Waals surface area contributed by atoms with Gasteiger partial charge >= 0.3 is 6.18 Å². The summed E-state index contributed by atoms with van der Waals surface area (Å²) < 4.78 is 37.0. The molecule has 1 rings (SSSR count). The summed E-state index contributed by atoms with van der Waals surface area (Å²) in [7, 11) is 0. The third-order valence-electron chi connectivity index (χ3n) is 1.54. The maximum absolute atomic E-state index is 12.3. The van der Waals surface area contributed by atoms with E-state index in [4.69, 9.17) is 11.6 Å². The van der Waals surface area contributed by atoms with Gasteiger partial charge in [-0.3, -0.25) is 0 Å². The van der Waals surface area contributed by atoms with Crippen molar-refractivity contribution < 1.29 is 13.2 Å². The number of halogens is 5. The van der Waals surface area contributed by atoms with Crippen molar-refractivity contribution in [3.63, 3.8) is 0 Å².